The van der Waals surface area contributed by atoms with E-state index in [1.807, 2.05) is 18.2 Å². The van der Waals surface area contributed by atoms with Crippen LogP contribution in [0, 0.1) is 0 Å². The van der Waals surface area contributed by atoms with Crippen molar-refractivity contribution in [1.29, 1.82) is 0 Å². The number of carbonyl (C=O) groups excluding carboxylic acids is 1. The second-order valence-corrected chi connectivity index (χ2v) is 4.39. The number of ether oxygens (including phenoxy) is 1. The number of nitrogen functional groups attached to an aromatic ring is 1. The second kappa shape index (κ2) is 6.25. The lowest BCUT2D eigenvalue weighted by atomic mass is 10.2. The van der Waals surface area contributed by atoms with Gasteiger partial charge in [-0.05, 0) is 25.1 Å². The Hall–Kier alpha value is -2.27. The van der Waals surface area contributed by atoms with Crippen molar-refractivity contribution in [3.8, 4) is 0 Å². The van der Waals surface area contributed by atoms with E-state index in [0.29, 0.717) is 16.5 Å². The first kappa shape index (κ1) is 14.1. The first-order valence-corrected chi connectivity index (χ1v) is 6.43. The Kier molecular flexibility index (Phi) is 4.42. The second-order valence-electron chi connectivity index (χ2n) is 3.98. The zero-order chi connectivity index (χ0) is 14.5. The molecule has 0 aliphatic carbocycles. The van der Waals surface area contributed by atoms with Crippen LogP contribution in [0.5, 0.6) is 0 Å². The van der Waals surface area contributed by atoms with Gasteiger partial charge >= 0.3 is 5.97 Å². The van der Waals surface area contributed by atoms with Gasteiger partial charge in [0.25, 0.3) is 0 Å². The van der Waals surface area contributed by atoms with Crippen LogP contribution in [0.25, 0.3) is 0 Å². The smallest absolute Gasteiger partial charge is 0.340 e. The van der Waals surface area contributed by atoms with Crippen molar-refractivity contribution < 1.29 is 9.53 Å². The number of halogens is 1. The molecule has 0 atom stereocenters. The number of benzene rings is 1. The van der Waals surface area contributed by atoms with Gasteiger partial charge in [-0.2, -0.15) is 0 Å². The van der Waals surface area contributed by atoms with Crippen molar-refractivity contribution in [2.24, 2.45) is 0 Å². The van der Waals surface area contributed by atoms with E-state index in [-0.39, 0.29) is 17.9 Å². The number of nitrogens with one attached hydrogen (secondary N) is 1. The summed E-state index contributed by atoms with van der Waals surface area (Å²) >= 11 is 6.05. The number of pyridine rings is 1. The Bertz CT molecular complexity index is 632. The zero-order valence-corrected chi connectivity index (χ0v) is 11.6. The highest BCUT2D eigenvalue weighted by Gasteiger charge is 2.12. The van der Waals surface area contributed by atoms with Gasteiger partial charge in [0.05, 0.1) is 34.8 Å². The third kappa shape index (κ3) is 3.19. The number of esters is 1. The number of carbonyl (C=O) groups is 1. The minimum absolute atomic E-state index is 0.271. The molecular weight excluding hydrogens is 278 g/mol. The summed E-state index contributed by atoms with van der Waals surface area (Å²) in [6, 6.07) is 8.78. The van der Waals surface area contributed by atoms with Crippen LogP contribution in [0.1, 0.15) is 17.3 Å². The molecule has 0 unspecified atom stereocenters. The lowest BCUT2D eigenvalue weighted by molar-refractivity contribution is 0.0527. The average molecular weight is 292 g/mol. The average Bonchev–Trinajstić information content (AvgIpc) is 2.43. The van der Waals surface area contributed by atoms with Crippen molar-refractivity contribution in [2.75, 3.05) is 17.7 Å². The van der Waals surface area contributed by atoms with E-state index >= 15 is 0 Å². The number of para-hydroxylation sites is 1. The van der Waals surface area contributed by atoms with Gasteiger partial charge in [0, 0.05) is 0 Å². The maximum absolute atomic E-state index is 11.8. The molecule has 0 amide bonds. The van der Waals surface area contributed by atoms with Crippen LogP contribution < -0.4 is 11.1 Å². The number of rotatable bonds is 4. The molecule has 0 bridgehead atoms. The van der Waals surface area contributed by atoms with Crippen LogP contribution in [0.4, 0.5) is 17.2 Å². The van der Waals surface area contributed by atoms with Crippen LogP contribution >= 0.6 is 11.6 Å². The number of nitrogens with two attached hydrogens (primary N) is 1. The Labute approximate surface area is 121 Å². The summed E-state index contributed by atoms with van der Waals surface area (Å²) < 4.78 is 4.94. The van der Waals surface area contributed by atoms with Crippen LogP contribution in [0.3, 0.4) is 0 Å². The van der Waals surface area contributed by atoms with Crippen molar-refractivity contribution in [3.63, 3.8) is 0 Å². The quantitative estimate of drug-likeness (QED) is 0.846. The van der Waals surface area contributed by atoms with Gasteiger partial charge in [-0.15, -0.1) is 0 Å². The summed E-state index contributed by atoms with van der Waals surface area (Å²) in [6.45, 7) is 2.02. The van der Waals surface area contributed by atoms with Gasteiger partial charge in [0.1, 0.15) is 5.82 Å². The maximum atomic E-state index is 11.8. The summed E-state index contributed by atoms with van der Waals surface area (Å²) in [6.07, 6.45) is 1.41. The fourth-order valence-corrected chi connectivity index (χ4v) is 1.80. The monoisotopic (exact) mass is 291 g/mol. The number of hydrogen-bond acceptors (Lipinski definition) is 5. The molecule has 2 aromatic rings. The van der Waals surface area contributed by atoms with E-state index in [2.05, 4.69) is 10.3 Å². The molecule has 5 nitrogen and oxygen atoms in total. The Morgan fingerprint density at radius 2 is 2.20 bits per heavy atom. The SMILES string of the molecule is CCOC(=O)c1cc(Nc2ccccc2Cl)ncc1N. The highest BCUT2D eigenvalue weighted by molar-refractivity contribution is 6.33. The molecule has 0 fully saturated rings. The van der Waals surface area contributed by atoms with Crippen LogP contribution in [-0.4, -0.2) is 17.6 Å². The van der Waals surface area contributed by atoms with Crippen molar-refractivity contribution in [3.05, 3.63) is 47.1 Å². The van der Waals surface area contributed by atoms with Gasteiger partial charge in [0.15, 0.2) is 0 Å². The molecule has 0 saturated carbocycles. The van der Waals surface area contributed by atoms with Crippen LogP contribution in [0.15, 0.2) is 36.5 Å². The molecule has 0 radical (unpaired) electrons. The van der Waals surface area contributed by atoms with Gasteiger partial charge in [-0.25, -0.2) is 9.78 Å². The predicted molar refractivity (Wildman–Crippen MR) is 79.3 cm³/mol. The molecule has 3 N–H and O–H groups in total. The molecule has 1 heterocycles. The molecule has 0 saturated heterocycles. The van der Waals surface area contributed by atoms with Crippen molar-refractivity contribution in [2.45, 2.75) is 6.92 Å². The van der Waals surface area contributed by atoms with Crippen molar-refractivity contribution >= 4 is 34.8 Å². The topological polar surface area (TPSA) is 77.2 Å². The summed E-state index contributed by atoms with van der Waals surface area (Å²) in [5.74, 6) is -0.00929. The molecule has 104 valence electrons. The summed E-state index contributed by atoms with van der Waals surface area (Å²) in [7, 11) is 0. The van der Waals surface area contributed by atoms with Crippen LogP contribution in [-0.2, 0) is 4.74 Å². The fourth-order valence-electron chi connectivity index (χ4n) is 1.62. The molecule has 2 rings (SSSR count). The zero-order valence-electron chi connectivity index (χ0n) is 10.9. The standard InChI is InChI=1S/C14H14ClN3O2/c1-2-20-14(19)9-7-13(17-8-11(9)16)18-12-6-4-3-5-10(12)15/h3-8H,2,16H2,1H3,(H,17,18). The Morgan fingerprint density at radius 1 is 1.45 bits per heavy atom. The maximum Gasteiger partial charge on any atom is 0.340 e. The number of hydrogen-bond donors (Lipinski definition) is 2. The van der Waals surface area contributed by atoms with E-state index in [0.717, 1.165) is 0 Å². The number of anilines is 3. The molecule has 0 aliphatic heterocycles. The first-order chi connectivity index (χ1) is 9.61. The minimum Gasteiger partial charge on any atom is -0.462 e. The van der Waals surface area contributed by atoms with Gasteiger partial charge in [-0.3, -0.25) is 0 Å². The molecule has 6 heteroatoms. The highest BCUT2D eigenvalue weighted by atomic mass is 35.5. The lowest BCUT2D eigenvalue weighted by Crippen LogP contribution is -2.09. The molecule has 0 aliphatic rings. The Balaban J connectivity index is 2.28. The van der Waals surface area contributed by atoms with E-state index in [1.165, 1.54) is 12.3 Å². The summed E-state index contributed by atoms with van der Waals surface area (Å²) in [4.78, 5) is 15.9. The first-order valence-electron chi connectivity index (χ1n) is 6.06. The minimum atomic E-state index is -0.477. The summed E-state index contributed by atoms with van der Waals surface area (Å²) in [5.41, 5.74) is 6.97. The van der Waals surface area contributed by atoms with E-state index in [9.17, 15) is 4.79 Å². The normalized spacial score (nSPS) is 10.1. The molecule has 1 aromatic heterocycles. The van der Waals surface area contributed by atoms with E-state index in [1.54, 1.807) is 13.0 Å². The Morgan fingerprint density at radius 3 is 2.90 bits per heavy atom. The van der Waals surface area contributed by atoms with Crippen LogP contribution in [0.2, 0.25) is 5.02 Å². The predicted octanol–water partition coefficient (Wildman–Crippen LogP) is 3.24. The van der Waals surface area contributed by atoms with E-state index < -0.39 is 5.97 Å². The third-order valence-electron chi connectivity index (χ3n) is 2.57. The fraction of sp³-hybridized carbons (Fsp3) is 0.143. The van der Waals surface area contributed by atoms with Crippen molar-refractivity contribution in [1.82, 2.24) is 4.98 Å². The number of nitrogens with zero attached hydrogens (tertiary/aromatic N) is 1. The largest absolute Gasteiger partial charge is 0.462 e. The van der Waals surface area contributed by atoms with E-state index in [4.69, 9.17) is 22.1 Å². The number of aromatic nitrogens is 1. The lowest BCUT2D eigenvalue weighted by Gasteiger charge is -2.10. The molecular formula is C14H14ClN3O2. The molecule has 1 aromatic carbocycles. The molecule has 20 heavy (non-hydrogen) atoms. The third-order valence-corrected chi connectivity index (χ3v) is 2.90. The summed E-state index contributed by atoms with van der Waals surface area (Å²) in [5, 5.41) is 3.59. The van der Waals surface area contributed by atoms with Gasteiger partial charge in [-0.1, -0.05) is 23.7 Å². The van der Waals surface area contributed by atoms with Gasteiger partial charge < -0.3 is 15.8 Å². The molecule has 0 spiro atoms. The van der Waals surface area contributed by atoms with Gasteiger partial charge in [0.2, 0.25) is 0 Å². The highest BCUT2D eigenvalue weighted by Crippen LogP contribution is 2.25.